The van der Waals surface area contributed by atoms with Gasteiger partial charge in [0.25, 0.3) is 0 Å². The van der Waals surface area contributed by atoms with Crippen molar-refractivity contribution in [2.45, 2.75) is 20.4 Å². The molecule has 0 aliphatic carbocycles. The Morgan fingerprint density at radius 3 is 2.41 bits per heavy atom. The van der Waals surface area contributed by atoms with Gasteiger partial charge in [-0.2, -0.15) is 10.7 Å². The number of benzene rings is 1. The maximum Gasteiger partial charge on any atom is 0.132 e. The molecule has 0 aliphatic rings. The van der Waals surface area contributed by atoms with Crippen LogP contribution >= 0.6 is 0 Å². The highest BCUT2D eigenvalue weighted by Gasteiger charge is 2.10. The first-order chi connectivity index (χ1) is 8.04. The molecule has 1 aromatic carbocycles. The molecule has 0 saturated heterocycles. The highest BCUT2D eigenvalue weighted by molar-refractivity contribution is 5.34. The average molecular weight is 240 g/mol. The van der Waals surface area contributed by atoms with Crippen LogP contribution in [0.25, 0.3) is 0 Å². The zero-order valence-electron chi connectivity index (χ0n) is 9.76. The summed E-state index contributed by atoms with van der Waals surface area (Å²) in [4.78, 5) is 5.02. The summed E-state index contributed by atoms with van der Waals surface area (Å²) in [5.74, 6) is -1.16. The van der Waals surface area contributed by atoms with E-state index in [1.165, 1.54) is 0 Å². The lowest BCUT2D eigenvalue weighted by Gasteiger charge is -2.09. The summed E-state index contributed by atoms with van der Waals surface area (Å²) in [5, 5.41) is 8.53. The first-order valence-corrected chi connectivity index (χ1v) is 5.27. The Kier molecular flexibility index (Phi) is 5.01. The van der Waals surface area contributed by atoms with Gasteiger partial charge in [-0.25, -0.2) is 8.78 Å². The fourth-order valence-corrected chi connectivity index (χ4v) is 1.19. The van der Waals surface area contributed by atoms with Crippen LogP contribution in [-0.2, 0) is 11.4 Å². The van der Waals surface area contributed by atoms with Gasteiger partial charge < -0.3 is 4.84 Å². The van der Waals surface area contributed by atoms with Crippen molar-refractivity contribution in [1.29, 1.82) is 5.26 Å². The standard InChI is InChI=1S/C12H14F2N2O/c1-8(2)7-17-16-6-10-11(13)3-9(5-15)4-12(10)14/h3-4,8,16H,6-7H2,1-2H3. The average Bonchev–Trinajstić information content (AvgIpc) is 2.26. The van der Waals surface area contributed by atoms with E-state index in [2.05, 4.69) is 5.48 Å². The summed E-state index contributed by atoms with van der Waals surface area (Å²) in [7, 11) is 0. The minimum absolute atomic E-state index is 0.0353. The number of hydroxylamine groups is 1. The number of nitrogens with zero attached hydrogens (tertiary/aromatic N) is 1. The van der Waals surface area contributed by atoms with Gasteiger partial charge in [-0.05, 0) is 18.1 Å². The lowest BCUT2D eigenvalue weighted by Crippen LogP contribution is -2.19. The van der Waals surface area contributed by atoms with Crippen LogP contribution in [0, 0.1) is 28.9 Å². The fraction of sp³-hybridized carbons (Fsp3) is 0.417. The van der Waals surface area contributed by atoms with E-state index < -0.39 is 11.6 Å². The Bertz CT molecular complexity index is 404. The molecule has 0 amide bonds. The van der Waals surface area contributed by atoms with Crippen molar-refractivity contribution in [3.8, 4) is 6.07 Å². The van der Waals surface area contributed by atoms with E-state index in [9.17, 15) is 8.78 Å². The van der Waals surface area contributed by atoms with Gasteiger partial charge in [-0.3, -0.25) is 0 Å². The first kappa shape index (κ1) is 13.6. The lowest BCUT2D eigenvalue weighted by atomic mass is 10.1. The maximum absolute atomic E-state index is 13.4. The largest absolute Gasteiger partial charge is 0.301 e. The molecule has 1 N–H and O–H groups in total. The highest BCUT2D eigenvalue weighted by atomic mass is 19.1. The number of halogens is 2. The molecule has 17 heavy (non-hydrogen) atoms. The molecule has 0 bridgehead atoms. The van der Waals surface area contributed by atoms with Crippen molar-refractivity contribution in [2.75, 3.05) is 6.61 Å². The highest BCUT2D eigenvalue weighted by Crippen LogP contribution is 2.14. The van der Waals surface area contributed by atoms with Gasteiger partial charge in [0.15, 0.2) is 0 Å². The number of hydrogen-bond acceptors (Lipinski definition) is 3. The third-order valence-corrected chi connectivity index (χ3v) is 2.04. The van der Waals surface area contributed by atoms with Gasteiger partial charge in [0.2, 0.25) is 0 Å². The van der Waals surface area contributed by atoms with Crippen molar-refractivity contribution in [3.05, 3.63) is 34.9 Å². The molecule has 0 saturated carbocycles. The van der Waals surface area contributed by atoms with Gasteiger partial charge in [-0.1, -0.05) is 13.8 Å². The lowest BCUT2D eigenvalue weighted by molar-refractivity contribution is 0.0186. The van der Waals surface area contributed by atoms with Crippen LogP contribution in [-0.4, -0.2) is 6.61 Å². The smallest absolute Gasteiger partial charge is 0.132 e. The molecule has 0 fully saturated rings. The van der Waals surface area contributed by atoms with Crippen molar-refractivity contribution in [1.82, 2.24) is 5.48 Å². The number of rotatable bonds is 5. The molecule has 0 heterocycles. The maximum atomic E-state index is 13.4. The molecular weight excluding hydrogens is 226 g/mol. The molecule has 0 radical (unpaired) electrons. The predicted molar refractivity (Wildman–Crippen MR) is 58.7 cm³/mol. The van der Waals surface area contributed by atoms with Gasteiger partial charge in [0, 0.05) is 5.56 Å². The van der Waals surface area contributed by atoms with E-state index in [0.29, 0.717) is 12.5 Å². The first-order valence-electron chi connectivity index (χ1n) is 5.27. The van der Waals surface area contributed by atoms with Crippen molar-refractivity contribution in [3.63, 3.8) is 0 Å². The van der Waals surface area contributed by atoms with Crippen LogP contribution in [0.5, 0.6) is 0 Å². The van der Waals surface area contributed by atoms with Crippen LogP contribution in [0.1, 0.15) is 25.0 Å². The Morgan fingerprint density at radius 1 is 1.35 bits per heavy atom. The van der Waals surface area contributed by atoms with Crippen molar-refractivity contribution in [2.24, 2.45) is 5.92 Å². The van der Waals surface area contributed by atoms with Gasteiger partial charge in [0.05, 0.1) is 24.8 Å². The Morgan fingerprint density at radius 2 is 1.94 bits per heavy atom. The topological polar surface area (TPSA) is 45.0 Å². The molecule has 0 aromatic heterocycles. The van der Waals surface area contributed by atoms with Crippen LogP contribution in [0.2, 0.25) is 0 Å². The van der Waals surface area contributed by atoms with Crippen LogP contribution in [0.4, 0.5) is 8.78 Å². The van der Waals surface area contributed by atoms with Gasteiger partial charge >= 0.3 is 0 Å². The quantitative estimate of drug-likeness (QED) is 0.635. The summed E-state index contributed by atoms with van der Waals surface area (Å²) >= 11 is 0. The molecule has 1 aromatic rings. The third-order valence-electron chi connectivity index (χ3n) is 2.04. The summed E-state index contributed by atoms with van der Waals surface area (Å²) in [6.45, 7) is 4.31. The third kappa shape index (κ3) is 4.10. The van der Waals surface area contributed by atoms with Crippen molar-refractivity contribution < 1.29 is 13.6 Å². The van der Waals surface area contributed by atoms with Crippen LogP contribution in [0.3, 0.4) is 0 Å². The minimum atomic E-state index is -0.748. The Balaban J connectivity index is 2.63. The van der Waals surface area contributed by atoms with Crippen molar-refractivity contribution >= 4 is 0 Å². The number of nitrogens with one attached hydrogen (secondary N) is 1. The summed E-state index contributed by atoms with van der Waals surface area (Å²) < 4.78 is 26.8. The Labute approximate surface area is 99.0 Å². The second-order valence-electron chi connectivity index (χ2n) is 4.06. The van der Waals surface area contributed by atoms with E-state index >= 15 is 0 Å². The fourth-order valence-electron chi connectivity index (χ4n) is 1.19. The minimum Gasteiger partial charge on any atom is -0.301 e. The number of nitriles is 1. The van der Waals surface area contributed by atoms with E-state index in [1.807, 2.05) is 13.8 Å². The number of hydrogen-bond donors (Lipinski definition) is 1. The zero-order chi connectivity index (χ0) is 12.8. The zero-order valence-corrected chi connectivity index (χ0v) is 9.76. The Hall–Kier alpha value is -1.51. The van der Waals surface area contributed by atoms with E-state index in [4.69, 9.17) is 10.1 Å². The SMILES string of the molecule is CC(C)CONCc1c(F)cc(C#N)cc1F. The predicted octanol–water partition coefficient (Wildman–Crippen LogP) is 2.51. The van der Waals surface area contributed by atoms with E-state index in [-0.39, 0.29) is 17.7 Å². The molecular formula is C12H14F2N2O. The summed E-state index contributed by atoms with van der Waals surface area (Å²) in [6, 6.07) is 3.69. The van der Waals surface area contributed by atoms with E-state index in [0.717, 1.165) is 12.1 Å². The second-order valence-corrected chi connectivity index (χ2v) is 4.06. The molecule has 0 atom stereocenters. The van der Waals surface area contributed by atoms with E-state index in [1.54, 1.807) is 6.07 Å². The van der Waals surface area contributed by atoms with Crippen LogP contribution < -0.4 is 5.48 Å². The second kappa shape index (κ2) is 6.28. The normalized spacial score (nSPS) is 10.6. The molecule has 92 valence electrons. The summed E-state index contributed by atoms with van der Waals surface area (Å²) in [5.41, 5.74) is 2.32. The van der Waals surface area contributed by atoms with Gasteiger partial charge in [-0.15, -0.1) is 0 Å². The molecule has 5 heteroatoms. The monoisotopic (exact) mass is 240 g/mol. The van der Waals surface area contributed by atoms with Crippen LogP contribution in [0.15, 0.2) is 12.1 Å². The molecule has 0 spiro atoms. The molecule has 3 nitrogen and oxygen atoms in total. The molecule has 0 unspecified atom stereocenters. The molecule has 1 rings (SSSR count). The summed E-state index contributed by atoms with van der Waals surface area (Å²) in [6.07, 6.45) is 0. The van der Waals surface area contributed by atoms with Gasteiger partial charge in [0.1, 0.15) is 11.6 Å². The molecule has 0 aliphatic heterocycles.